The maximum atomic E-state index is 12.0. The lowest BCUT2D eigenvalue weighted by molar-refractivity contribution is -0.126. The minimum Gasteiger partial charge on any atom is -0.356 e. The Morgan fingerprint density at radius 2 is 2.11 bits per heavy atom. The molecule has 0 saturated heterocycles. The van der Waals surface area contributed by atoms with Gasteiger partial charge in [0.1, 0.15) is 0 Å². The van der Waals surface area contributed by atoms with Crippen molar-refractivity contribution in [3.63, 3.8) is 0 Å². The molecule has 2 unspecified atom stereocenters. The fourth-order valence-corrected chi connectivity index (χ4v) is 2.57. The standard InChI is InChI=1S/C15H31N3O/c1-12(2)18(3)10-5-4-9-17-15(19)13-7-6-8-14(16)11-13/h12-14H,4-11,16H2,1-3H3,(H,17,19). The van der Waals surface area contributed by atoms with E-state index in [0.29, 0.717) is 6.04 Å². The summed E-state index contributed by atoms with van der Waals surface area (Å²) < 4.78 is 0. The molecular formula is C15H31N3O. The lowest BCUT2D eigenvalue weighted by atomic mass is 9.85. The van der Waals surface area contributed by atoms with Crippen molar-refractivity contribution in [1.29, 1.82) is 0 Å². The number of nitrogens with zero attached hydrogens (tertiary/aromatic N) is 1. The largest absolute Gasteiger partial charge is 0.356 e. The average Bonchev–Trinajstić information content (AvgIpc) is 2.37. The van der Waals surface area contributed by atoms with Crippen LogP contribution in [0.1, 0.15) is 52.4 Å². The van der Waals surface area contributed by atoms with Gasteiger partial charge in [-0.05, 0) is 59.5 Å². The lowest BCUT2D eigenvalue weighted by Gasteiger charge is -2.25. The zero-order chi connectivity index (χ0) is 14.3. The minimum atomic E-state index is 0.155. The first-order chi connectivity index (χ1) is 9.00. The molecule has 0 spiro atoms. The number of unbranched alkanes of at least 4 members (excludes halogenated alkanes) is 1. The van der Waals surface area contributed by atoms with Crippen molar-refractivity contribution in [3.8, 4) is 0 Å². The van der Waals surface area contributed by atoms with Crippen molar-refractivity contribution >= 4 is 5.91 Å². The van der Waals surface area contributed by atoms with Gasteiger partial charge in [-0.1, -0.05) is 6.42 Å². The first kappa shape index (κ1) is 16.4. The van der Waals surface area contributed by atoms with Gasteiger partial charge in [0, 0.05) is 24.5 Å². The number of hydrogen-bond donors (Lipinski definition) is 2. The van der Waals surface area contributed by atoms with Crippen LogP contribution in [0.5, 0.6) is 0 Å². The Morgan fingerprint density at radius 1 is 1.37 bits per heavy atom. The highest BCUT2D eigenvalue weighted by Crippen LogP contribution is 2.22. The van der Waals surface area contributed by atoms with Crippen LogP contribution in [0.4, 0.5) is 0 Å². The molecule has 4 nitrogen and oxygen atoms in total. The molecule has 1 aliphatic carbocycles. The first-order valence-corrected chi connectivity index (χ1v) is 7.74. The Bertz CT molecular complexity index is 268. The van der Waals surface area contributed by atoms with Gasteiger partial charge < -0.3 is 16.0 Å². The molecule has 0 aliphatic heterocycles. The van der Waals surface area contributed by atoms with Gasteiger partial charge in [-0.2, -0.15) is 0 Å². The Hall–Kier alpha value is -0.610. The van der Waals surface area contributed by atoms with Crippen molar-refractivity contribution in [1.82, 2.24) is 10.2 Å². The van der Waals surface area contributed by atoms with Gasteiger partial charge in [0.25, 0.3) is 0 Å². The average molecular weight is 269 g/mol. The maximum Gasteiger partial charge on any atom is 0.223 e. The van der Waals surface area contributed by atoms with Crippen LogP contribution in [0.2, 0.25) is 0 Å². The van der Waals surface area contributed by atoms with E-state index < -0.39 is 0 Å². The molecule has 0 aromatic carbocycles. The van der Waals surface area contributed by atoms with E-state index in [9.17, 15) is 4.79 Å². The van der Waals surface area contributed by atoms with Crippen LogP contribution >= 0.6 is 0 Å². The van der Waals surface area contributed by atoms with Crippen LogP contribution in [0.3, 0.4) is 0 Å². The van der Waals surface area contributed by atoms with Gasteiger partial charge in [-0.15, -0.1) is 0 Å². The van der Waals surface area contributed by atoms with Crippen LogP contribution < -0.4 is 11.1 Å². The second-order valence-corrected chi connectivity index (χ2v) is 6.20. The van der Waals surface area contributed by atoms with Gasteiger partial charge in [-0.3, -0.25) is 4.79 Å². The monoisotopic (exact) mass is 269 g/mol. The third-order valence-corrected chi connectivity index (χ3v) is 4.20. The number of rotatable bonds is 7. The zero-order valence-electron chi connectivity index (χ0n) is 12.8. The van der Waals surface area contributed by atoms with Gasteiger partial charge in [-0.25, -0.2) is 0 Å². The summed E-state index contributed by atoms with van der Waals surface area (Å²) in [4.78, 5) is 14.3. The molecule has 0 aromatic rings. The van der Waals surface area contributed by atoms with E-state index in [0.717, 1.165) is 51.6 Å². The van der Waals surface area contributed by atoms with E-state index in [1.165, 1.54) is 0 Å². The number of nitrogens with one attached hydrogen (secondary N) is 1. The van der Waals surface area contributed by atoms with Gasteiger partial charge in [0.2, 0.25) is 5.91 Å². The molecule has 4 heteroatoms. The summed E-state index contributed by atoms with van der Waals surface area (Å²) >= 11 is 0. The van der Waals surface area contributed by atoms with Crippen molar-refractivity contribution in [2.45, 2.75) is 64.5 Å². The van der Waals surface area contributed by atoms with E-state index >= 15 is 0 Å². The van der Waals surface area contributed by atoms with Gasteiger partial charge in [0.15, 0.2) is 0 Å². The number of hydrogen-bond acceptors (Lipinski definition) is 3. The van der Waals surface area contributed by atoms with Crippen LogP contribution in [0, 0.1) is 5.92 Å². The number of carbonyl (C=O) groups is 1. The van der Waals surface area contributed by atoms with Gasteiger partial charge >= 0.3 is 0 Å². The van der Waals surface area contributed by atoms with E-state index in [2.05, 4.69) is 31.1 Å². The molecule has 112 valence electrons. The third-order valence-electron chi connectivity index (χ3n) is 4.20. The van der Waals surface area contributed by atoms with Crippen molar-refractivity contribution in [3.05, 3.63) is 0 Å². The number of nitrogens with two attached hydrogens (primary N) is 1. The van der Waals surface area contributed by atoms with Crippen molar-refractivity contribution in [2.24, 2.45) is 11.7 Å². The summed E-state index contributed by atoms with van der Waals surface area (Å²) in [6.07, 6.45) is 6.24. The first-order valence-electron chi connectivity index (χ1n) is 7.74. The Labute approximate surface area is 118 Å². The van der Waals surface area contributed by atoms with E-state index in [4.69, 9.17) is 5.73 Å². The summed E-state index contributed by atoms with van der Waals surface area (Å²) in [5.41, 5.74) is 5.92. The highest BCUT2D eigenvalue weighted by Gasteiger charge is 2.24. The van der Waals surface area contributed by atoms with Crippen LogP contribution in [0.15, 0.2) is 0 Å². The highest BCUT2D eigenvalue weighted by atomic mass is 16.1. The molecule has 0 heterocycles. The zero-order valence-corrected chi connectivity index (χ0v) is 12.8. The molecule has 0 bridgehead atoms. The SMILES string of the molecule is CC(C)N(C)CCCCNC(=O)C1CCCC(N)C1. The summed E-state index contributed by atoms with van der Waals surface area (Å²) in [5.74, 6) is 0.370. The Morgan fingerprint density at radius 3 is 2.74 bits per heavy atom. The molecule has 19 heavy (non-hydrogen) atoms. The van der Waals surface area contributed by atoms with Crippen molar-refractivity contribution < 1.29 is 4.79 Å². The normalized spacial score (nSPS) is 23.9. The van der Waals surface area contributed by atoms with E-state index in [1.54, 1.807) is 0 Å². The quantitative estimate of drug-likeness (QED) is 0.692. The Balaban J connectivity index is 2.07. The summed E-state index contributed by atoms with van der Waals surface area (Å²) in [6.45, 7) is 6.31. The molecule has 1 aliphatic rings. The smallest absolute Gasteiger partial charge is 0.223 e. The third kappa shape index (κ3) is 6.39. The molecule has 1 saturated carbocycles. The summed E-state index contributed by atoms with van der Waals surface area (Å²) in [7, 11) is 2.15. The molecule has 0 radical (unpaired) electrons. The topological polar surface area (TPSA) is 58.4 Å². The number of carbonyl (C=O) groups excluding carboxylic acids is 1. The second kappa shape index (κ2) is 8.54. The summed E-state index contributed by atoms with van der Waals surface area (Å²) in [5, 5.41) is 3.06. The molecule has 3 N–H and O–H groups in total. The van der Waals surface area contributed by atoms with Crippen molar-refractivity contribution in [2.75, 3.05) is 20.1 Å². The molecule has 1 rings (SSSR count). The van der Waals surface area contributed by atoms with E-state index in [-0.39, 0.29) is 17.9 Å². The summed E-state index contributed by atoms with van der Waals surface area (Å²) in [6, 6.07) is 0.822. The predicted octanol–water partition coefficient (Wildman–Crippen LogP) is 1.74. The van der Waals surface area contributed by atoms with Gasteiger partial charge in [0.05, 0.1) is 0 Å². The number of amides is 1. The maximum absolute atomic E-state index is 12.0. The fraction of sp³-hybridized carbons (Fsp3) is 0.933. The van der Waals surface area contributed by atoms with Crippen LogP contribution in [-0.2, 0) is 4.79 Å². The molecule has 1 amide bonds. The molecule has 2 atom stereocenters. The molecular weight excluding hydrogens is 238 g/mol. The second-order valence-electron chi connectivity index (χ2n) is 6.20. The Kier molecular flexibility index (Phi) is 7.39. The van der Waals surface area contributed by atoms with Crippen LogP contribution in [0.25, 0.3) is 0 Å². The lowest BCUT2D eigenvalue weighted by Crippen LogP contribution is -2.38. The fourth-order valence-electron chi connectivity index (χ4n) is 2.57. The predicted molar refractivity (Wildman–Crippen MR) is 79.9 cm³/mol. The highest BCUT2D eigenvalue weighted by molar-refractivity contribution is 5.78. The molecule has 0 aromatic heterocycles. The van der Waals surface area contributed by atoms with Crippen LogP contribution in [-0.4, -0.2) is 43.0 Å². The van der Waals surface area contributed by atoms with E-state index in [1.807, 2.05) is 0 Å². The minimum absolute atomic E-state index is 0.155. The molecule has 1 fully saturated rings.